The average molecular weight is 133 g/mol. The Balaban J connectivity index is 3.07. The fraction of sp³-hybridized carbons (Fsp3) is 0.222. The number of Topliss-reactive ketones (excluding diaryl/α,β-unsaturated/α-hetero) is 1. The lowest BCUT2D eigenvalue weighted by Gasteiger charge is -1.94. The average Bonchev–Trinajstić information content (AvgIpc) is 1.88. The van der Waals surface area contributed by atoms with E-state index in [4.69, 9.17) is 0 Å². The van der Waals surface area contributed by atoms with Crippen molar-refractivity contribution in [2.75, 3.05) is 0 Å². The minimum absolute atomic E-state index is 0.108. The van der Waals surface area contributed by atoms with Crippen LogP contribution in [-0.4, -0.2) is 5.78 Å². The van der Waals surface area contributed by atoms with E-state index in [1.165, 1.54) is 0 Å². The monoisotopic (exact) mass is 133 g/mol. The van der Waals surface area contributed by atoms with Crippen LogP contribution in [0, 0.1) is 13.0 Å². The molecule has 1 radical (unpaired) electrons. The minimum Gasteiger partial charge on any atom is -0.295 e. The number of hydrogen-bond acceptors (Lipinski definition) is 1. The van der Waals surface area contributed by atoms with E-state index >= 15 is 0 Å². The topological polar surface area (TPSA) is 17.1 Å². The van der Waals surface area contributed by atoms with Crippen LogP contribution in [0.1, 0.15) is 22.8 Å². The van der Waals surface area contributed by atoms with Crippen LogP contribution in [0.25, 0.3) is 0 Å². The number of benzene rings is 1. The lowest BCUT2D eigenvalue weighted by Crippen LogP contribution is -1.90. The predicted octanol–water partition coefficient (Wildman–Crippen LogP) is 2.00. The Morgan fingerprint density at radius 2 is 2.30 bits per heavy atom. The van der Waals surface area contributed by atoms with Gasteiger partial charge in [-0.15, -0.1) is 0 Å². The Hall–Kier alpha value is -1.11. The molecule has 0 fully saturated rings. The zero-order valence-corrected chi connectivity index (χ0v) is 6.14. The van der Waals surface area contributed by atoms with Crippen molar-refractivity contribution >= 4 is 5.78 Å². The maximum atomic E-state index is 10.8. The Morgan fingerprint density at radius 1 is 1.60 bits per heavy atom. The third kappa shape index (κ3) is 1.44. The normalized spacial score (nSPS) is 9.40. The highest BCUT2D eigenvalue weighted by Gasteiger charge is 1.96. The summed E-state index contributed by atoms with van der Waals surface area (Å²) in [6.07, 6.45) is 0. The highest BCUT2D eigenvalue weighted by atomic mass is 16.1. The van der Waals surface area contributed by atoms with E-state index in [0.29, 0.717) is 0 Å². The molecule has 0 aliphatic carbocycles. The largest absolute Gasteiger partial charge is 0.295 e. The van der Waals surface area contributed by atoms with Gasteiger partial charge in [0.2, 0.25) is 0 Å². The Morgan fingerprint density at radius 3 is 2.70 bits per heavy atom. The highest BCUT2D eigenvalue weighted by Crippen LogP contribution is 2.02. The van der Waals surface area contributed by atoms with Gasteiger partial charge in [0, 0.05) is 5.56 Å². The molecular weight excluding hydrogens is 124 g/mol. The SMILES string of the molecule is CC(=O)c1cc[c]c(C)c1. The van der Waals surface area contributed by atoms with Gasteiger partial charge >= 0.3 is 0 Å². The molecule has 0 spiro atoms. The van der Waals surface area contributed by atoms with Gasteiger partial charge in [0.15, 0.2) is 5.78 Å². The van der Waals surface area contributed by atoms with Crippen LogP contribution in [0.15, 0.2) is 18.2 Å². The number of ketones is 1. The molecular formula is C9H9O. The van der Waals surface area contributed by atoms with Crippen LogP contribution in [0.4, 0.5) is 0 Å². The van der Waals surface area contributed by atoms with Crippen molar-refractivity contribution in [3.63, 3.8) is 0 Å². The predicted molar refractivity (Wildman–Crippen MR) is 40.0 cm³/mol. The van der Waals surface area contributed by atoms with Gasteiger partial charge in [0.1, 0.15) is 0 Å². The summed E-state index contributed by atoms with van der Waals surface area (Å²) in [5, 5.41) is 0. The van der Waals surface area contributed by atoms with E-state index in [1.54, 1.807) is 19.1 Å². The van der Waals surface area contributed by atoms with Crippen LogP contribution in [0.2, 0.25) is 0 Å². The first-order chi connectivity index (χ1) is 4.70. The summed E-state index contributed by atoms with van der Waals surface area (Å²) >= 11 is 0. The molecule has 0 aliphatic heterocycles. The number of carbonyl (C=O) groups excluding carboxylic acids is 1. The molecule has 0 unspecified atom stereocenters. The second kappa shape index (κ2) is 2.65. The van der Waals surface area contributed by atoms with Crippen LogP contribution in [0.5, 0.6) is 0 Å². The van der Waals surface area contributed by atoms with Gasteiger partial charge in [0.25, 0.3) is 0 Å². The molecule has 0 heterocycles. The van der Waals surface area contributed by atoms with E-state index < -0.39 is 0 Å². The molecule has 1 rings (SSSR count). The number of rotatable bonds is 1. The number of hydrogen-bond donors (Lipinski definition) is 0. The molecule has 0 amide bonds. The summed E-state index contributed by atoms with van der Waals surface area (Å²) in [5.74, 6) is 0.108. The lowest BCUT2D eigenvalue weighted by atomic mass is 10.1. The molecule has 1 aromatic carbocycles. The summed E-state index contributed by atoms with van der Waals surface area (Å²) < 4.78 is 0. The van der Waals surface area contributed by atoms with Crippen molar-refractivity contribution in [1.82, 2.24) is 0 Å². The maximum Gasteiger partial charge on any atom is 0.159 e. The van der Waals surface area contributed by atoms with E-state index in [9.17, 15) is 4.79 Å². The molecule has 0 atom stereocenters. The van der Waals surface area contributed by atoms with Crippen molar-refractivity contribution in [3.05, 3.63) is 35.4 Å². The first-order valence-corrected chi connectivity index (χ1v) is 3.19. The maximum absolute atomic E-state index is 10.8. The van der Waals surface area contributed by atoms with Crippen LogP contribution < -0.4 is 0 Å². The second-order valence-corrected chi connectivity index (χ2v) is 2.32. The second-order valence-electron chi connectivity index (χ2n) is 2.32. The van der Waals surface area contributed by atoms with E-state index in [1.807, 2.05) is 13.0 Å². The zero-order chi connectivity index (χ0) is 7.56. The van der Waals surface area contributed by atoms with E-state index in [0.717, 1.165) is 11.1 Å². The molecule has 51 valence electrons. The van der Waals surface area contributed by atoms with Gasteiger partial charge in [-0.1, -0.05) is 12.1 Å². The molecule has 1 heteroatoms. The van der Waals surface area contributed by atoms with Gasteiger partial charge < -0.3 is 0 Å². The molecule has 0 bridgehead atoms. The van der Waals surface area contributed by atoms with Gasteiger partial charge in [0.05, 0.1) is 0 Å². The number of carbonyl (C=O) groups is 1. The molecule has 10 heavy (non-hydrogen) atoms. The summed E-state index contributed by atoms with van der Waals surface area (Å²) in [7, 11) is 0. The fourth-order valence-corrected chi connectivity index (χ4v) is 0.805. The first kappa shape index (κ1) is 7.00. The fourth-order valence-electron chi connectivity index (χ4n) is 0.805. The van der Waals surface area contributed by atoms with Crippen LogP contribution in [0.3, 0.4) is 0 Å². The van der Waals surface area contributed by atoms with Crippen molar-refractivity contribution in [3.8, 4) is 0 Å². The van der Waals surface area contributed by atoms with Gasteiger partial charge in [-0.2, -0.15) is 0 Å². The Bertz CT molecular complexity index is 251. The van der Waals surface area contributed by atoms with E-state index in [2.05, 4.69) is 6.07 Å². The highest BCUT2D eigenvalue weighted by molar-refractivity contribution is 5.94. The van der Waals surface area contributed by atoms with Crippen LogP contribution >= 0.6 is 0 Å². The minimum atomic E-state index is 0.108. The van der Waals surface area contributed by atoms with Crippen molar-refractivity contribution in [2.24, 2.45) is 0 Å². The molecule has 0 aliphatic rings. The molecule has 1 nitrogen and oxygen atoms in total. The summed E-state index contributed by atoms with van der Waals surface area (Å²) in [6, 6.07) is 8.35. The molecule has 0 saturated carbocycles. The van der Waals surface area contributed by atoms with Crippen molar-refractivity contribution in [2.45, 2.75) is 13.8 Å². The van der Waals surface area contributed by atoms with Crippen molar-refractivity contribution < 1.29 is 4.79 Å². The third-order valence-corrected chi connectivity index (χ3v) is 1.35. The number of aryl methyl sites for hydroxylation is 1. The van der Waals surface area contributed by atoms with E-state index in [-0.39, 0.29) is 5.78 Å². The van der Waals surface area contributed by atoms with Crippen molar-refractivity contribution in [1.29, 1.82) is 0 Å². The summed E-state index contributed by atoms with van der Waals surface area (Å²) in [6.45, 7) is 3.49. The van der Waals surface area contributed by atoms with Gasteiger partial charge in [-0.25, -0.2) is 0 Å². The quantitative estimate of drug-likeness (QED) is 0.535. The molecule has 0 N–H and O–H groups in total. The molecule has 0 saturated heterocycles. The molecule has 0 aromatic heterocycles. The summed E-state index contributed by atoms with van der Waals surface area (Å²) in [5.41, 5.74) is 1.77. The lowest BCUT2D eigenvalue weighted by molar-refractivity contribution is 0.101. The first-order valence-electron chi connectivity index (χ1n) is 3.19. The Labute approximate surface area is 60.7 Å². The third-order valence-electron chi connectivity index (χ3n) is 1.35. The molecule has 1 aromatic rings. The summed E-state index contributed by atoms with van der Waals surface area (Å²) in [4.78, 5) is 10.8. The van der Waals surface area contributed by atoms with Crippen LogP contribution in [-0.2, 0) is 0 Å². The van der Waals surface area contributed by atoms with Gasteiger partial charge in [-0.3, -0.25) is 4.79 Å². The smallest absolute Gasteiger partial charge is 0.159 e. The van der Waals surface area contributed by atoms with Gasteiger partial charge in [-0.05, 0) is 31.5 Å². The standard InChI is InChI=1S/C9H9O/c1-7-4-3-5-9(6-7)8(2)10/h3,5-6H,1-2H3. The zero-order valence-electron chi connectivity index (χ0n) is 6.14. The Kier molecular flexibility index (Phi) is 1.86.